The number of sulfonamides is 1. The lowest BCUT2D eigenvalue weighted by Gasteiger charge is -2.14. The molecule has 0 aliphatic heterocycles. The molecule has 0 spiro atoms. The van der Waals surface area contributed by atoms with Crippen LogP contribution in [0, 0.1) is 0 Å². The first-order valence-electron chi connectivity index (χ1n) is 10.6. The Morgan fingerprint density at radius 1 is 0.882 bits per heavy atom. The second-order valence-electron chi connectivity index (χ2n) is 7.48. The van der Waals surface area contributed by atoms with Crippen LogP contribution in [0.4, 0.5) is 4.79 Å². The summed E-state index contributed by atoms with van der Waals surface area (Å²) in [4.78, 5) is 24.3. The molecule has 0 aromatic heterocycles. The molecule has 3 rings (SSSR count). The lowest BCUT2D eigenvalue weighted by molar-refractivity contribution is -0.122. The number of rotatable bonds is 10. The van der Waals surface area contributed by atoms with Crippen LogP contribution < -0.4 is 14.8 Å². The second-order valence-corrected chi connectivity index (χ2v) is 9.32. The fraction of sp³-hybridized carbons (Fsp3) is 0.200. The Balaban J connectivity index is 1.45. The zero-order valence-electron chi connectivity index (χ0n) is 18.6. The largest absolute Gasteiger partial charge is 0.457 e. The predicted octanol–water partition coefficient (Wildman–Crippen LogP) is 3.95. The smallest absolute Gasteiger partial charge is 0.421 e. The molecule has 0 heterocycles. The fourth-order valence-electron chi connectivity index (χ4n) is 3.02. The standard InChI is InChI=1S/C25H26N2O6S/c1-19(21-11-8-14-23(17-21)33-22-12-6-3-7-13-22)24(28)26-15-16-34(30,31)27-25(29)32-18-20-9-4-2-5-10-20/h2-14,17,19H,15-16,18H2,1H3,(H,26,28)(H,27,29). The highest BCUT2D eigenvalue weighted by Gasteiger charge is 2.19. The molecule has 9 heteroatoms. The molecule has 0 saturated carbocycles. The Morgan fingerprint density at radius 3 is 2.24 bits per heavy atom. The molecule has 3 aromatic rings. The SMILES string of the molecule is CC(C(=O)NCCS(=O)(=O)NC(=O)OCc1ccccc1)c1cccc(Oc2ccccc2)c1. The first-order valence-corrected chi connectivity index (χ1v) is 12.3. The molecule has 178 valence electrons. The quantitative estimate of drug-likeness (QED) is 0.453. The first-order chi connectivity index (χ1) is 16.3. The van der Waals surface area contributed by atoms with Gasteiger partial charge in [-0.05, 0) is 42.3 Å². The maximum absolute atomic E-state index is 12.5. The van der Waals surface area contributed by atoms with Crippen molar-refractivity contribution in [3.8, 4) is 11.5 Å². The van der Waals surface area contributed by atoms with Crippen molar-refractivity contribution in [2.45, 2.75) is 19.4 Å². The van der Waals surface area contributed by atoms with Crippen LogP contribution in [0.25, 0.3) is 0 Å². The van der Waals surface area contributed by atoms with Gasteiger partial charge in [0.1, 0.15) is 18.1 Å². The van der Waals surface area contributed by atoms with Crippen LogP contribution in [0.5, 0.6) is 11.5 Å². The van der Waals surface area contributed by atoms with E-state index in [0.29, 0.717) is 11.5 Å². The molecule has 2 N–H and O–H groups in total. The van der Waals surface area contributed by atoms with Crippen molar-refractivity contribution in [1.29, 1.82) is 0 Å². The summed E-state index contributed by atoms with van der Waals surface area (Å²) in [6.45, 7) is 1.50. The Hall–Kier alpha value is -3.85. The van der Waals surface area contributed by atoms with Crippen LogP contribution in [0.15, 0.2) is 84.9 Å². The number of hydrogen-bond acceptors (Lipinski definition) is 6. The molecule has 0 aliphatic rings. The van der Waals surface area contributed by atoms with Gasteiger partial charge in [-0.3, -0.25) is 4.79 Å². The van der Waals surface area contributed by atoms with Crippen LogP contribution in [0.1, 0.15) is 24.0 Å². The first kappa shape index (κ1) is 24.8. The van der Waals surface area contributed by atoms with E-state index in [2.05, 4.69) is 5.32 Å². The lowest BCUT2D eigenvalue weighted by Crippen LogP contribution is -2.38. The van der Waals surface area contributed by atoms with Gasteiger partial charge >= 0.3 is 6.09 Å². The van der Waals surface area contributed by atoms with Crippen molar-refractivity contribution in [3.05, 3.63) is 96.1 Å². The van der Waals surface area contributed by atoms with Gasteiger partial charge in [0.2, 0.25) is 15.9 Å². The van der Waals surface area contributed by atoms with Gasteiger partial charge in [-0.15, -0.1) is 0 Å². The van der Waals surface area contributed by atoms with Gasteiger partial charge in [-0.2, -0.15) is 0 Å². The van der Waals surface area contributed by atoms with E-state index >= 15 is 0 Å². The Labute approximate surface area is 199 Å². The van der Waals surface area contributed by atoms with E-state index in [-0.39, 0.29) is 19.1 Å². The summed E-state index contributed by atoms with van der Waals surface area (Å²) in [5.74, 6) is -0.0892. The molecule has 1 atom stereocenters. The molecule has 8 nitrogen and oxygen atoms in total. The van der Waals surface area contributed by atoms with Crippen LogP contribution >= 0.6 is 0 Å². The highest BCUT2D eigenvalue weighted by Crippen LogP contribution is 2.25. The monoisotopic (exact) mass is 482 g/mol. The van der Waals surface area contributed by atoms with E-state index in [1.165, 1.54) is 0 Å². The average molecular weight is 483 g/mol. The maximum atomic E-state index is 12.5. The molecular formula is C25H26N2O6S. The minimum Gasteiger partial charge on any atom is -0.457 e. The van der Waals surface area contributed by atoms with E-state index in [1.54, 1.807) is 55.5 Å². The summed E-state index contributed by atoms with van der Waals surface area (Å²) in [6, 6.07) is 25.3. The van der Waals surface area contributed by atoms with Crippen LogP contribution in [-0.2, 0) is 26.2 Å². The number of nitrogens with one attached hydrogen (secondary N) is 2. The van der Waals surface area contributed by atoms with Crippen molar-refractivity contribution in [1.82, 2.24) is 10.0 Å². The fourth-order valence-corrected chi connectivity index (χ4v) is 3.80. The number of amides is 2. The third-order valence-corrected chi connectivity index (χ3v) is 6.07. The number of carbonyl (C=O) groups excluding carboxylic acids is 2. The zero-order chi connectivity index (χ0) is 24.4. The molecule has 2 amide bonds. The molecule has 34 heavy (non-hydrogen) atoms. The molecule has 0 radical (unpaired) electrons. The third-order valence-electron chi connectivity index (χ3n) is 4.85. The second kappa shape index (κ2) is 11.9. The van der Waals surface area contributed by atoms with Gasteiger partial charge < -0.3 is 14.8 Å². The highest BCUT2D eigenvalue weighted by atomic mass is 32.2. The summed E-state index contributed by atoms with van der Waals surface area (Å²) >= 11 is 0. The van der Waals surface area contributed by atoms with Gasteiger partial charge in [-0.25, -0.2) is 17.9 Å². The van der Waals surface area contributed by atoms with E-state index in [1.807, 2.05) is 41.1 Å². The predicted molar refractivity (Wildman–Crippen MR) is 128 cm³/mol. The molecule has 0 saturated heterocycles. The Bertz CT molecular complexity index is 1200. The van der Waals surface area contributed by atoms with Crippen molar-refractivity contribution < 1.29 is 27.5 Å². The highest BCUT2D eigenvalue weighted by molar-refractivity contribution is 7.90. The maximum Gasteiger partial charge on any atom is 0.421 e. The van der Waals surface area contributed by atoms with Crippen molar-refractivity contribution in [2.24, 2.45) is 0 Å². The normalized spacial score (nSPS) is 11.8. The molecule has 1 unspecified atom stereocenters. The Kier molecular flexibility index (Phi) is 8.64. The number of benzene rings is 3. The van der Waals surface area contributed by atoms with Gasteiger partial charge in [0.25, 0.3) is 0 Å². The third kappa shape index (κ3) is 7.93. The van der Waals surface area contributed by atoms with E-state index in [0.717, 1.165) is 11.1 Å². The minimum absolute atomic E-state index is 0.0521. The molecule has 0 fully saturated rings. The zero-order valence-corrected chi connectivity index (χ0v) is 19.5. The summed E-state index contributed by atoms with van der Waals surface area (Å²) in [6.07, 6.45) is -1.07. The number of hydrogen-bond donors (Lipinski definition) is 2. The number of para-hydroxylation sites is 1. The molecule has 0 aliphatic carbocycles. The lowest BCUT2D eigenvalue weighted by atomic mass is 10.0. The van der Waals surface area contributed by atoms with Crippen LogP contribution in [-0.4, -0.2) is 32.7 Å². The Morgan fingerprint density at radius 2 is 1.53 bits per heavy atom. The van der Waals surface area contributed by atoms with E-state index in [4.69, 9.17) is 9.47 Å². The summed E-state index contributed by atoms with van der Waals surface area (Å²) in [7, 11) is -3.97. The van der Waals surface area contributed by atoms with Gasteiger partial charge in [-0.1, -0.05) is 60.7 Å². The van der Waals surface area contributed by atoms with Crippen molar-refractivity contribution in [2.75, 3.05) is 12.3 Å². The minimum atomic E-state index is -3.97. The topological polar surface area (TPSA) is 111 Å². The number of carbonyl (C=O) groups is 2. The molecular weight excluding hydrogens is 456 g/mol. The van der Waals surface area contributed by atoms with Gasteiger partial charge in [0.15, 0.2) is 0 Å². The van der Waals surface area contributed by atoms with E-state index < -0.39 is 27.8 Å². The van der Waals surface area contributed by atoms with Crippen molar-refractivity contribution in [3.63, 3.8) is 0 Å². The number of ether oxygens (including phenoxy) is 2. The van der Waals surface area contributed by atoms with Crippen molar-refractivity contribution >= 4 is 22.0 Å². The van der Waals surface area contributed by atoms with Crippen LogP contribution in [0.3, 0.4) is 0 Å². The molecule has 3 aromatic carbocycles. The van der Waals surface area contributed by atoms with E-state index in [9.17, 15) is 18.0 Å². The van der Waals surface area contributed by atoms with Gasteiger partial charge in [0, 0.05) is 6.54 Å². The van der Waals surface area contributed by atoms with Crippen LogP contribution in [0.2, 0.25) is 0 Å². The molecule has 0 bridgehead atoms. The summed E-state index contributed by atoms with van der Waals surface area (Å²) in [5.41, 5.74) is 1.45. The average Bonchev–Trinajstić information content (AvgIpc) is 2.83. The summed E-state index contributed by atoms with van der Waals surface area (Å²) in [5, 5.41) is 2.59. The summed E-state index contributed by atoms with van der Waals surface area (Å²) < 4.78 is 36.8. The van der Waals surface area contributed by atoms with Gasteiger partial charge in [0.05, 0.1) is 11.7 Å².